The molecule has 0 unspecified atom stereocenters. The molecule has 0 aromatic heterocycles. The maximum atomic E-state index is 5.47. The lowest BCUT2D eigenvalue weighted by atomic mass is 10.1. The third-order valence-electron chi connectivity index (χ3n) is 4.17. The van der Waals surface area contributed by atoms with Gasteiger partial charge in [0, 0.05) is 58.5 Å². The smallest absolute Gasteiger partial charge is 0.123 e. The Balaban J connectivity index is 1.85. The van der Waals surface area contributed by atoms with Crippen molar-refractivity contribution in [3.05, 3.63) is 23.8 Å². The van der Waals surface area contributed by atoms with Crippen molar-refractivity contribution in [2.24, 2.45) is 0 Å². The summed E-state index contributed by atoms with van der Waals surface area (Å²) >= 11 is 0. The molecule has 1 heterocycles. The van der Waals surface area contributed by atoms with Gasteiger partial charge >= 0.3 is 0 Å². The van der Waals surface area contributed by atoms with Gasteiger partial charge in [-0.1, -0.05) is 0 Å². The molecule has 22 heavy (non-hydrogen) atoms. The van der Waals surface area contributed by atoms with Crippen molar-refractivity contribution in [3.63, 3.8) is 0 Å². The van der Waals surface area contributed by atoms with Crippen LogP contribution < -0.4 is 9.47 Å². The molecule has 5 heteroatoms. The van der Waals surface area contributed by atoms with E-state index in [0.717, 1.165) is 63.8 Å². The lowest BCUT2D eigenvalue weighted by molar-refractivity contribution is 0.112. The van der Waals surface area contributed by atoms with Gasteiger partial charge in [-0.15, -0.1) is 0 Å². The molecule has 124 valence electrons. The molecule has 0 amide bonds. The molecule has 0 bridgehead atoms. The minimum atomic E-state index is 0.848. The van der Waals surface area contributed by atoms with Crippen LogP contribution in [0.5, 0.6) is 11.5 Å². The van der Waals surface area contributed by atoms with E-state index in [-0.39, 0.29) is 0 Å². The Labute approximate surface area is 133 Å². The number of rotatable bonds is 8. The van der Waals surface area contributed by atoms with Crippen LogP contribution in [0.4, 0.5) is 0 Å². The van der Waals surface area contributed by atoms with Gasteiger partial charge in [0.25, 0.3) is 0 Å². The zero-order valence-corrected chi connectivity index (χ0v) is 14.0. The topological polar surface area (TPSA) is 34.2 Å². The summed E-state index contributed by atoms with van der Waals surface area (Å²) in [5, 5.41) is 0. The molecule has 1 aliphatic rings. The molecule has 0 N–H and O–H groups in total. The summed E-state index contributed by atoms with van der Waals surface area (Å²) in [6.45, 7) is 7.31. The summed E-state index contributed by atoms with van der Waals surface area (Å²) in [5.41, 5.74) is 1.19. The predicted molar refractivity (Wildman–Crippen MR) is 87.8 cm³/mol. The largest absolute Gasteiger partial charge is 0.497 e. The minimum absolute atomic E-state index is 0.848. The first kappa shape index (κ1) is 17.1. The lowest BCUT2D eigenvalue weighted by Crippen LogP contribution is -2.46. The van der Waals surface area contributed by atoms with E-state index in [1.807, 2.05) is 12.1 Å². The molecule has 1 aromatic rings. The molecule has 5 nitrogen and oxygen atoms in total. The zero-order valence-electron chi connectivity index (χ0n) is 14.0. The van der Waals surface area contributed by atoms with Crippen LogP contribution in [-0.2, 0) is 11.3 Å². The first-order chi connectivity index (χ1) is 10.8. The van der Waals surface area contributed by atoms with Crippen molar-refractivity contribution in [2.45, 2.75) is 13.0 Å². The molecule has 1 fully saturated rings. The van der Waals surface area contributed by atoms with Crippen LogP contribution in [0.15, 0.2) is 18.2 Å². The van der Waals surface area contributed by atoms with Gasteiger partial charge in [0.2, 0.25) is 0 Å². The van der Waals surface area contributed by atoms with Crippen molar-refractivity contribution in [2.75, 3.05) is 60.7 Å². The molecule has 0 spiro atoms. The Kier molecular flexibility index (Phi) is 6.96. The molecule has 0 aliphatic carbocycles. The van der Waals surface area contributed by atoms with Crippen molar-refractivity contribution in [3.8, 4) is 11.5 Å². The molecule has 0 atom stereocenters. The molecule has 2 rings (SSSR count). The van der Waals surface area contributed by atoms with Gasteiger partial charge in [0.15, 0.2) is 0 Å². The number of methoxy groups -OCH3 is 3. The van der Waals surface area contributed by atoms with E-state index in [0.29, 0.717) is 0 Å². The van der Waals surface area contributed by atoms with E-state index in [1.54, 1.807) is 21.3 Å². The summed E-state index contributed by atoms with van der Waals surface area (Å²) in [5.74, 6) is 1.82. The average Bonchev–Trinajstić information content (AvgIpc) is 2.56. The lowest BCUT2D eigenvalue weighted by Gasteiger charge is -2.34. The highest BCUT2D eigenvalue weighted by molar-refractivity contribution is 5.40. The Morgan fingerprint density at radius 1 is 0.955 bits per heavy atom. The number of hydrogen-bond acceptors (Lipinski definition) is 5. The maximum Gasteiger partial charge on any atom is 0.123 e. The standard InChI is InChI=1S/C17H28N2O3/c1-20-12-4-7-18-8-10-19(11-9-18)14-15-13-16(21-2)5-6-17(15)22-3/h5-6,13H,4,7-12,14H2,1-3H3. The van der Waals surface area contributed by atoms with E-state index in [2.05, 4.69) is 15.9 Å². The Bertz CT molecular complexity index is 446. The van der Waals surface area contributed by atoms with Gasteiger partial charge in [0.05, 0.1) is 14.2 Å². The summed E-state index contributed by atoms with van der Waals surface area (Å²) in [6, 6.07) is 6.00. The molecular formula is C17H28N2O3. The molecular weight excluding hydrogens is 280 g/mol. The van der Waals surface area contributed by atoms with Crippen LogP contribution in [0.3, 0.4) is 0 Å². The fourth-order valence-electron chi connectivity index (χ4n) is 2.85. The highest BCUT2D eigenvalue weighted by atomic mass is 16.5. The van der Waals surface area contributed by atoms with Gasteiger partial charge in [-0.3, -0.25) is 4.90 Å². The molecule has 1 aliphatic heterocycles. The van der Waals surface area contributed by atoms with Crippen molar-refractivity contribution < 1.29 is 14.2 Å². The van der Waals surface area contributed by atoms with E-state index in [4.69, 9.17) is 14.2 Å². The summed E-state index contributed by atoms with van der Waals surface area (Å²) < 4.78 is 15.9. The first-order valence-corrected chi connectivity index (χ1v) is 7.91. The summed E-state index contributed by atoms with van der Waals surface area (Å²) in [6.07, 6.45) is 1.11. The second kappa shape index (κ2) is 8.98. The quantitative estimate of drug-likeness (QED) is 0.685. The number of nitrogens with zero attached hydrogens (tertiary/aromatic N) is 2. The summed E-state index contributed by atoms with van der Waals surface area (Å²) in [7, 11) is 5.18. The summed E-state index contributed by atoms with van der Waals surface area (Å²) in [4.78, 5) is 4.99. The monoisotopic (exact) mass is 308 g/mol. The van der Waals surface area contributed by atoms with Gasteiger partial charge < -0.3 is 19.1 Å². The van der Waals surface area contributed by atoms with Crippen molar-refractivity contribution >= 4 is 0 Å². The molecule has 0 radical (unpaired) electrons. The van der Waals surface area contributed by atoms with Gasteiger partial charge in [-0.2, -0.15) is 0 Å². The third-order valence-corrected chi connectivity index (χ3v) is 4.17. The van der Waals surface area contributed by atoms with Crippen LogP contribution in [0.2, 0.25) is 0 Å². The van der Waals surface area contributed by atoms with Crippen LogP contribution in [-0.4, -0.2) is 70.5 Å². The average molecular weight is 308 g/mol. The number of hydrogen-bond donors (Lipinski definition) is 0. The van der Waals surface area contributed by atoms with Gasteiger partial charge in [-0.05, 0) is 24.6 Å². The van der Waals surface area contributed by atoms with Gasteiger partial charge in [0.1, 0.15) is 11.5 Å². The normalized spacial score (nSPS) is 16.7. The number of benzene rings is 1. The van der Waals surface area contributed by atoms with Crippen molar-refractivity contribution in [1.29, 1.82) is 0 Å². The fourth-order valence-corrected chi connectivity index (χ4v) is 2.85. The Morgan fingerprint density at radius 3 is 2.32 bits per heavy atom. The van der Waals surface area contributed by atoms with Crippen LogP contribution in [0.25, 0.3) is 0 Å². The van der Waals surface area contributed by atoms with E-state index in [9.17, 15) is 0 Å². The highest BCUT2D eigenvalue weighted by Crippen LogP contribution is 2.25. The second-order valence-corrected chi connectivity index (χ2v) is 5.64. The maximum absolute atomic E-state index is 5.47. The molecule has 1 aromatic carbocycles. The number of piperazine rings is 1. The third kappa shape index (κ3) is 4.87. The fraction of sp³-hybridized carbons (Fsp3) is 0.647. The highest BCUT2D eigenvalue weighted by Gasteiger charge is 2.18. The molecule has 0 saturated carbocycles. The minimum Gasteiger partial charge on any atom is -0.497 e. The Hall–Kier alpha value is -1.30. The van der Waals surface area contributed by atoms with Crippen LogP contribution in [0.1, 0.15) is 12.0 Å². The van der Waals surface area contributed by atoms with E-state index < -0.39 is 0 Å². The van der Waals surface area contributed by atoms with E-state index in [1.165, 1.54) is 5.56 Å². The second-order valence-electron chi connectivity index (χ2n) is 5.64. The zero-order chi connectivity index (χ0) is 15.8. The Morgan fingerprint density at radius 2 is 1.68 bits per heavy atom. The van der Waals surface area contributed by atoms with Gasteiger partial charge in [-0.25, -0.2) is 0 Å². The first-order valence-electron chi connectivity index (χ1n) is 7.91. The number of ether oxygens (including phenoxy) is 3. The van der Waals surface area contributed by atoms with E-state index >= 15 is 0 Å². The van der Waals surface area contributed by atoms with Crippen LogP contribution >= 0.6 is 0 Å². The van der Waals surface area contributed by atoms with Crippen molar-refractivity contribution in [1.82, 2.24) is 9.80 Å². The SMILES string of the molecule is COCCCN1CCN(Cc2cc(OC)ccc2OC)CC1. The predicted octanol–water partition coefficient (Wildman–Crippen LogP) is 1.86. The van der Waals surface area contributed by atoms with Crippen LogP contribution in [0, 0.1) is 0 Å². The molecule has 1 saturated heterocycles.